The Balaban J connectivity index is 2.50. The molecule has 8 heteroatoms. The normalized spacial score (nSPS) is 12.8. The van der Waals surface area contributed by atoms with Gasteiger partial charge in [-0.25, -0.2) is 0 Å². The Kier molecular flexibility index (Phi) is 7.59. The fourth-order valence-electron chi connectivity index (χ4n) is 1.78. The average molecular weight is 354 g/mol. The average Bonchev–Trinajstić information content (AvgIpc) is 2.79. The third kappa shape index (κ3) is 6.22. The van der Waals surface area contributed by atoms with Crippen LogP contribution in [0.25, 0.3) is 0 Å². The van der Waals surface area contributed by atoms with Gasteiger partial charge in [0, 0.05) is 38.1 Å². The van der Waals surface area contributed by atoms with Crippen molar-refractivity contribution in [1.29, 1.82) is 0 Å². The zero-order valence-electron chi connectivity index (χ0n) is 13.0. The van der Waals surface area contributed by atoms with Gasteiger partial charge in [0.15, 0.2) is 0 Å². The second-order valence-corrected chi connectivity index (χ2v) is 9.20. The van der Waals surface area contributed by atoms with Gasteiger partial charge < -0.3 is 5.32 Å². The van der Waals surface area contributed by atoms with Gasteiger partial charge in [-0.2, -0.15) is 17.0 Å². The largest absolute Gasteiger partial charge is 0.314 e. The molecule has 0 unspecified atom stereocenters. The molecular weight excluding hydrogens is 330 g/mol. The monoisotopic (exact) mass is 353 g/mol. The Labute approximate surface area is 137 Å². The highest BCUT2D eigenvalue weighted by atomic mass is 35.5. The Morgan fingerprint density at radius 1 is 1.29 bits per heavy atom. The third-order valence-corrected chi connectivity index (χ3v) is 6.10. The molecule has 0 aromatic carbocycles. The van der Waals surface area contributed by atoms with Gasteiger partial charge >= 0.3 is 0 Å². The Hall–Kier alpha value is -0.180. The number of nitrogens with one attached hydrogen (secondary N) is 1. The van der Waals surface area contributed by atoms with Crippen molar-refractivity contribution in [3.63, 3.8) is 0 Å². The van der Waals surface area contributed by atoms with E-state index < -0.39 is 10.2 Å². The summed E-state index contributed by atoms with van der Waals surface area (Å²) in [5.74, 6) is 0. The van der Waals surface area contributed by atoms with E-state index in [1.54, 1.807) is 20.2 Å². The Bertz CT molecular complexity index is 531. The molecule has 122 valence electrons. The first kappa shape index (κ1) is 18.9. The van der Waals surface area contributed by atoms with Gasteiger partial charge in [-0.05, 0) is 25.1 Å². The lowest BCUT2D eigenvalue weighted by Crippen LogP contribution is -2.40. The number of thiophene rings is 1. The standard InChI is InChI=1S/C13H24ClN3O2S2/c1-11(2)15-8-5-9-16(3)21(18,19)17(4)10-12-6-7-13(14)20-12/h6-7,11,15H,5,8-10H2,1-4H3. The van der Waals surface area contributed by atoms with Crippen molar-refractivity contribution in [2.24, 2.45) is 0 Å². The van der Waals surface area contributed by atoms with Gasteiger partial charge in [0.1, 0.15) is 0 Å². The van der Waals surface area contributed by atoms with E-state index in [0.717, 1.165) is 17.8 Å². The van der Waals surface area contributed by atoms with Crippen molar-refractivity contribution in [3.8, 4) is 0 Å². The van der Waals surface area contributed by atoms with E-state index in [4.69, 9.17) is 11.6 Å². The summed E-state index contributed by atoms with van der Waals surface area (Å²) in [4.78, 5) is 0.931. The first-order valence-electron chi connectivity index (χ1n) is 6.88. The van der Waals surface area contributed by atoms with E-state index >= 15 is 0 Å². The summed E-state index contributed by atoms with van der Waals surface area (Å²) in [5, 5.41) is 3.28. The van der Waals surface area contributed by atoms with E-state index in [2.05, 4.69) is 19.2 Å². The van der Waals surface area contributed by atoms with Crippen LogP contribution >= 0.6 is 22.9 Å². The topological polar surface area (TPSA) is 52.7 Å². The highest BCUT2D eigenvalue weighted by Crippen LogP contribution is 2.23. The fraction of sp³-hybridized carbons (Fsp3) is 0.692. The molecule has 1 heterocycles. The molecule has 0 atom stereocenters. The molecule has 0 aliphatic carbocycles. The first-order chi connectivity index (χ1) is 9.73. The van der Waals surface area contributed by atoms with E-state index in [0.29, 0.717) is 23.5 Å². The van der Waals surface area contributed by atoms with Gasteiger partial charge in [0.2, 0.25) is 0 Å². The molecule has 1 N–H and O–H groups in total. The summed E-state index contributed by atoms with van der Waals surface area (Å²) < 4.78 is 28.2. The fourth-order valence-corrected chi connectivity index (χ4v) is 4.14. The number of halogens is 1. The lowest BCUT2D eigenvalue weighted by atomic mass is 10.3. The number of hydrogen-bond acceptors (Lipinski definition) is 4. The molecule has 1 aromatic heterocycles. The van der Waals surface area contributed by atoms with Crippen LogP contribution in [-0.2, 0) is 16.8 Å². The third-order valence-electron chi connectivity index (χ3n) is 3.00. The number of nitrogens with zero attached hydrogens (tertiary/aromatic N) is 2. The molecule has 1 rings (SSSR count). The quantitative estimate of drug-likeness (QED) is 0.693. The molecule has 0 saturated heterocycles. The van der Waals surface area contributed by atoms with Crippen LogP contribution in [0.15, 0.2) is 12.1 Å². The van der Waals surface area contributed by atoms with Crippen molar-refractivity contribution < 1.29 is 8.42 Å². The maximum Gasteiger partial charge on any atom is 0.281 e. The second-order valence-electron chi connectivity index (χ2n) is 5.25. The summed E-state index contributed by atoms with van der Waals surface area (Å²) >= 11 is 7.26. The van der Waals surface area contributed by atoms with Gasteiger partial charge in [0.05, 0.1) is 4.34 Å². The minimum Gasteiger partial charge on any atom is -0.314 e. The van der Waals surface area contributed by atoms with Crippen molar-refractivity contribution in [3.05, 3.63) is 21.3 Å². The van der Waals surface area contributed by atoms with Crippen LogP contribution in [0.4, 0.5) is 0 Å². The molecule has 1 aromatic rings. The van der Waals surface area contributed by atoms with Crippen LogP contribution < -0.4 is 5.32 Å². The zero-order chi connectivity index (χ0) is 16.0. The van der Waals surface area contributed by atoms with Crippen LogP contribution in [0.5, 0.6) is 0 Å². The molecule has 0 amide bonds. The number of rotatable bonds is 9. The SMILES string of the molecule is CC(C)NCCCN(C)S(=O)(=O)N(C)Cc1ccc(Cl)s1. The van der Waals surface area contributed by atoms with E-state index in [9.17, 15) is 8.42 Å². The second kappa shape index (κ2) is 8.45. The summed E-state index contributed by atoms with van der Waals surface area (Å²) in [6.07, 6.45) is 0.784. The molecular formula is C13H24ClN3O2S2. The molecule has 0 bridgehead atoms. The molecule has 0 aliphatic heterocycles. The van der Waals surface area contributed by atoms with Crippen molar-refractivity contribution in [2.75, 3.05) is 27.2 Å². The van der Waals surface area contributed by atoms with Crippen LogP contribution in [0.2, 0.25) is 4.34 Å². The molecule has 21 heavy (non-hydrogen) atoms. The van der Waals surface area contributed by atoms with E-state index in [-0.39, 0.29) is 0 Å². The van der Waals surface area contributed by atoms with Crippen molar-refractivity contribution in [1.82, 2.24) is 13.9 Å². The summed E-state index contributed by atoms with van der Waals surface area (Å²) in [5.41, 5.74) is 0. The lowest BCUT2D eigenvalue weighted by molar-refractivity contribution is 0.383. The van der Waals surface area contributed by atoms with Gasteiger partial charge in [-0.1, -0.05) is 25.4 Å². The first-order valence-corrected chi connectivity index (χ1v) is 9.48. The van der Waals surface area contributed by atoms with Crippen LogP contribution in [0.3, 0.4) is 0 Å². The van der Waals surface area contributed by atoms with Crippen LogP contribution in [-0.4, -0.2) is 50.3 Å². The molecule has 0 spiro atoms. The highest BCUT2D eigenvalue weighted by Gasteiger charge is 2.23. The molecule has 0 radical (unpaired) electrons. The highest BCUT2D eigenvalue weighted by molar-refractivity contribution is 7.86. The summed E-state index contributed by atoms with van der Waals surface area (Å²) in [7, 11) is -0.223. The number of hydrogen-bond donors (Lipinski definition) is 1. The molecule has 0 aliphatic rings. The van der Waals surface area contributed by atoms with Crippen molar-refractivity contribution >= 4 is 33.1 Å². The summed E-state index contributed by atoms with van der Waals surface area (Å²) in [6.45, 7) is 5.79. The lowest BCUT2D eigenvalue weighted by Gasteiger charge is -2.24. The predicted molar refractivity (Wildman–Crippen MR) is 90.1 cm³/mol. The Morgan fingerprint density at radius 2 is 1.95 bits per heavy atom. The van der Waals surface area contributed by atoms with Gasteiger partial charge in [-0.15, -0.1) is 11.3 Å². The molecule has 5 nitrogen and oxygen atoms in total. The van der Waals surface area contributed by atoms with Crippen molar-refractivity contribution in [2.45, 2.75) is 32.9 Å². The van der Waals surface area contributed by atoms with E-state index in [1.165, 1.54) is 19.9 Å². The van der Waals surface area contributed by atoms with Gasteiger partial charge in [-0.3, -0.25) is 0 Å². The molecule has 0 fully saturated rings. The maximum atomic E-state index is 12.4. The van der Waals surface area contributed by atoms with Crippen LogP contribution in [0, 0.1) is 0 Å². The minimum atomic E-state index is -3.43. The van der Waals surface area contributed by atoms with Gasteiger partial charge in [0.25, 0.3) is 10.2 Å². The van der Waals surface area contributed by atoms with Crippen LogP contribution in [0.1, 0.15) is 25.1 Å². The summed E-state index contributed by atoms with van der Waals surface area (Å²) in [6, 6.07) is 4.05. The minimum absolute atomic E-state index is 0.342. The maximum absolute atomic E-state index is 12.4. The Morgan fingerprint density at radius 3 is 2.48 bits per heavy atom. The zero-order valence-corrected chi connectivity index (χ0v) is 15.4. The smallest absolute Gasteiger partial charge is 0.281 e. The predicted octanol–water partition coefficient (Wildman–Crippen LogP) is 2.40. The van der Waals surface area contributed by atoms with E-state index in [1.807, 2.05) is 6.07 Å². The molecule has 0 saturated carbocycles.